The second-order valence-corrected chi connectivity index (χ2v) is 3.61. The van der Waals surface area contributed by atoms with Crippen LogP contribution >= 0.6 is 0 Å². The molecule has 2 heteroatoms. The monoisotopic (exact) mass is 171 g/mol. The van der Waals surface area contributed by atoms with Crippen LogP contribution in [0.25, 0.3) is 0 Å². The van der Waals surface area contributed by atoms with Gasteiger partial charge in [-0.2, -0.15) is 0 Å². The highest BCUT2D eigenvalue weighted by Gasteiger charge is 1.97. The van der Waals surface area contributed by atoms with Gasteiger partial charge in [0, 0.05) is 6.42 Å². The molecule has 0 bridgehead atoms. The fraction of sp³-hybridized carbons (Fsp3) is 0.700. The Morgan fingerprint density at radius 3 is 1.83 bits per heavy atom. The van der Waals surface area contributed by atoms with Crippen molar-refractivity contribution >= 4 is 5.78 Å². The van der Waals surface area contributed by atoms with Crippen molar-refractivity contribution < 1.29 is 4.79 Å². The fourth-order valence-corrected chi connectivity index (χ4v) is 0.486. The van der Waals surface area contributed by atoms with Gasteiger partial charge in [-0.15, -0.1) is 0 Å². The third-order valence-corrected chi connectivity index (χ3v) is 0.837. The highest BCUT2D eigenvalue weighted by Crippen LogP contribution is 1.99. The molecule has 0 heterocycles. The summed E-state index contributed by atoms with van der Waals surface area (Å²) in [5, 5.41) is 0. The van der Waals surface area contributed by atoms with E-state index in [-0.39, 0.29) is 5.78 Å². The van der Waals surface area contributed by atoms with E-state index >= 15 is 0 Å². The van der Waals surface area contributed by atoms with Gasteiger partial charge >= 0.3 is 0 Å². The zero-order chi connectivity index (χ0) is 10.1. The summed E-state index contributed by atoms with van der Waals surface area (Å²) in [6.45, 7) is 7.39. The summed E-state index contributed by atoms with van der Waals surface area (Å²) in [6.07, 6.45) is 2.00. The summed E-state index contributed by atoms with van der Waals surface area (Å²) in [6, 6.07) is 0. The molecule has 0 aromatic heterocycles. The van der Waals surface area contributed by atoms with Crippen LogP contribution in [0.3, 0.4) is 0 Å². The third-order valence-electron chi connectivity index (χ3n) is 0.837. The average Bonchev–Trinajstić information content (AvgIpc) is 1.84. The van der Waals surface area contributed by atoms with E-state index in [2.05, 4.69) is 6.58 Å². The highest BCUT2D eigenvalue weighted by molar-refractivity contribution is 5.89. The number of allylic oxidation sites excluding steroid dienone is 1. The molecule has 2 nitrogen and oxygen atoms in total. The summed E-state index contributed by atoms with van der Waals surface area (Å²) in [7, 11) is 6.00. The molecule has 0 radical (unpaired) electrons. The first-order chi connectivity index (χ1) is 5.40. The number of hydrogen-bond donors (Lipinski definition) is 0. The molecule has 0 aromatic carbocycles. The Bertz CT molecular complexity index is 125. The molecule has 0 aliphatic carbocycles. The Hall–Kier alpha value is -0.630. The van der Waals surface area contributed by atoms with Gasteiger partial charge in [0.25, 0.3) is 0 Å². The van der Waals surface area contributed by atoms with Crippen LogP contribution in [0, 0.1) is 5.92 Å². The van der Waals surface area contributed by atoms with E-state index in [0.717, 1.165) is 0 Å². The fourth-order valence-electron chi connectivity index (χ4n) is 0.486. The molecule has 12 heavy (non-hydrogen) atoms. The molecule has 72 valence electrons. The number of hydrogen-bond acceptors (Lipinski definition) is 2. The van der Waals surface area contributed by atoms with Crippen molar-refractivity contribution in [3.05, 3.63) is 12.7 Å². The van der Waals surface area contributed by atoms with E-state index in [1.807, 2.05) is 39.9 Å². The first-order valence-corrected chi connectivity index (χ1v) is 4.16. The van der Waals surface area contributed by atoms with Gasteiger partial charge in [-0.1, -0.05) is 20.4 Å². The van der Waals surface area contributed by atoms with Crippen LogP contribution in [0.1, 0.15) is 20.3 Å². The standard InChI is InChI=1S/C7H12O.C3H9N/c1-4-7(8)5-6(2)3;1-4(2)3/h4,6H,1,5H2,2-3H3;1-3H3. The maximum Gasteiger partial charge on any atom is 0.155 e. The number of ketones is 1. The van der Waals surface area contributed by atoms with Gasteiger partial charge in [0.05, 0.1) is 0 Å². The summed E-state index contributed by atoms with van der Waals surface area (Å²) >= 11 is 0. The molecular formula is C10H21NO. The Morgan fingerprint density at radius 1 is 1.42 bits per heavy atom. The molecule has 0 aliphatic rings. The minimum atomic E-state index is 0.139. The molecule has 0 spiro atoms. The number of carbonyl (C=O) groups is 1. The SMILES string of the molecule is C=CC(=O)CC(C)C.CN(C)C. The van der Waals surface area contributed by atoms with Crippen LogP contribution in [-0.2, 0) is 4.79 Å². The van der Waals surface area contributed by atoms with Gasteiger partial charge < -0.3 is 4.90 Å². The van der Waals surface area contributed by atoms with E-state index in [1.165, 1.54) is 6.08 Å². The first kappa shape index (κ1) is 13.9. The molecule has 0 rings (SSSR count). The smallest absolute Gasteiger partial charge is 0.155 e. The van der Waals surface area contributed by atoms with Crippen molar-refractivity contribution in [3.8, 4) is 0 Å². The lowest BCUT2D eigenvalue weighted by molar-refractivity contribution is -0.115. The van der Waals surface area contributed by atoms with E-state index in [9.17, 15) is 4.79 Å². The van der Waals surface area contributed by atoms with Crippen LogP contribution in [0.4, 0.5) is 0 Å². The van der Waals surface area contributed by atoms with Crippen molar-refractivity contribution in [2.45, 2.75) is 20.3 Å². The van der Waals surface area contributed by atoms with E-state index < -0.39 is 0 Å². The minimum absolute atomic E-state index is 0.139. The van der Waals surface area contributed by atoms with E-state index in [1.54, 1.807) is 0 Å². The molecule has 0 saturated heterocycles. The predicted octanol–water partition coefficient (Wildman–Crippen LogP) is 1.97. The highest BCUT2D eigenvalue weighted by atomic mass is 16.1. The zero-order valence-corrected chi connectivity index (χ0v) is 8.92. The van der Waals surface area contributed by atoms with Crippen LogP contribution in [-0.4, -0.2) is 31.8 Å². The lowest BCUT2D eigenvalue weighted by atomic mass is 10.1. The minimum Gasteiger partial charge on any atom is -0.312 e. The maximum absolute atomic E-state index is 10.5. The second kappa shape index (κ2) is 8.47. The molecule has 0 aromatic rings. The lowest BCUT2D eigenvalue weighted by Gasteiger charge is -1.96. The third kappa shape index (κ3) is 22.8. The predicted molar refractivity (Wildman–Crippen MR) is 54.3 cm³/mol. The Balaban J connectivity index is 0. The zero-order valence-electron chi connectivity index (χ0n) is 8.92. The van der Waals surface area contributed by atoms with Gasteiger partial charge in [0.1, 0.15) is 0 Å². The van der Waals surface area contributed by atoms with Gasteiger partial charge in [-0.25, -0.2) is 0 Å². The maximum atomic E-state index is 10.5. The summed E-state index contributed by atoms with van der Waals surface area (Å²) in [5.41, 5.74) is 0. The van der Waals surface area contributed by atoms with Gasteiger partial charge in [0.2, 0.25) is 0 Å². The van der Waals surface area contributed by atoms with Crippen LogP contribution in [0.15, 0.2) is 12.7 Å². The van der Waals surface area contributed by atoms with Crippen molar-refractivity contribution in [1.29, 1.82) is 0 Å². The topological polar surface area (TPSA) is 20.3 Å². The quantitative estimate of drug-likeness (QED) is 0.605. The number of rotatable bonds is 3. The Kier molecular flexibility index (Phi) is 9.83. The second-order valence-electron chi connectivity index (χ2n) is 3.61. The van der Waals surface area contributed by atoms with Crippen molar-refractivity contribution in [1.82, 2.24) is 4.90 Å². The molecule has 0 atom stereocenters. The normalized spacial score (nSPS) is 9.25. The summed E-state index contributed by atoms with van der Waals surface area (Å²) in [4.78, 5) is 12.5. The summed E-state index contributed by atoms with van der Waals surface area (Å²) in [5.74, 6) is 0.598. The molecular weight excluding hydrogens is 150 g/mol. The largest absolute Gasteiger partial charge is 0.312 e. The van der Waals surface area contributed by atoms with Crippen LogP contribution < -0.4 is 0 Å². The Morgan fingerprint density at radius 2 is 1.75 bits per heavy atom. The molecule has 0 unspecified atom stereocenters. The average molecular weight is 171 g/mol. The molecule has 0 saturated carbocycles. The molecule has 0 aliphatic heterocycles. The lowest BCUT2D eigenvalue weighted by Crippen LogP contribution is -1.99. The van der Waals surface area contributed by atoms with Gasteiger partial charge in [0.15, 0.2) is 5.78 Å². The van der Waals surface area contributed by atoms with Gasteiger partial charge in [-0.3, -0.25) is 4.79 Å². The molecule has 0 N–H and O–H groups in total. The van der Waals surface area contributed by atoms with E-state index in [4.69, 9.17) is 0 Å². The summed E-state index contributed by atoms with van der Waals surface area (Å²) < 4.78 is 0. The van der Waals surface area contributed by atoms with Crippen molar-refractivity contribution in [2.75, 3.05) is 21.1 Å². The van der Waals surface area contributed by atoms with Crippen molar-refractivity contribution in [2.24, 2.45) is 5.92 Å². The molecule has 0 amide bonds. The Labute approximate surface area is 76.3 Å². The molecule has 0 fully saturated rings. The number of carbonyl (C=O) groups excluding carboxylic acids is 1. The number of nitrogens with zero attached hydrogens (tertiary/aromatic N) is 1. The van der Waals surface area contributed by atoms with Crippen LogP contribution in [0.2, 0.25) is 0 Å². The van der Waals surface area contributed by atoms with E-state index in [0.29, 0.717) is 12.3 Å². The van der Waals surface area contributed by atoms with Crippen LogP contribution in [0.5, 0.6) is 0 Å². The first-order valence-electron chi connectivity index (χ1n) is 4.16. The van der Waals surface area contributed by atoms with Gasteiger partial charge in [-0.05, 0) is 33.1 Å². The van der Waals surface area contributed by atoms with Crippen molar-refractivity contribution in [3.63, 3.8) is 0 Å².